The van der Waals surface area contributed by atoms with Crippen molar-refractivity contribution < 1.29 is 14.6 Å². The van der Waals surface area contributed by atoms with E-state index in [1.54, 1.807) is 0 Å². The van der Waals surface area contributed by atoms with E-state index in [0.717, 1.165) is 44.7 Å². The predicted molar refractivity (Wildman–Crippen MR) is 110 cm³/mol. The van der Waals surface area contributed by atoms with Crippen molar-refractivity contribution >= 4 is 5.91 Å². The first kappa shape index (κ1) is 22.0. The smallest absolute Gasteiger partial charge is 0.223 e. The van der Waals surface area contributed by atoms with Gasteiger partial charge in [0.2, 0.25) is 5.91 Å². The monoisotopic (exact) mass is 396 g/mol. The van der Waals surface area contributed by atoms with Gasteiger partial charge in [-0.05, 0) is 70.1 Å². The number of carbonyl (C=O) groups excluding carboxylic acids is 1. The maximum Gasteiger partial charge on any atom is 0.223 e. The number of carbonyl (C=O) groups is 1. The third kappa shape index (κ3) is 6.13. The molecule has 0 aromatic rings. The molecule has 28 heavy (non-hydrogen) atoms. The quantitative estimate of drug-likeness (QED) is 0.440. The molecule has 0 bridgehead atoms. The van der Waals surface area contributed by atoms with Gasteiger partial charge in [-0.1, -0.05) is 0 Å². The minimum absolute atomic E-state index is 0.00350. The Bertz CT molecular complexity index is 468. The summed E-state index contributed by atoms with van der Waals surface area (Å²) < 4.78 is 5.50. The predicted octanol–water partition coefficient (Wildman–Crippen LogP) is 0.930. The Balaban J connectivity index is 1.32. The Kier molecular flexibility index (Phi) is 8.53. The fourth-order valence-corrected chi connectivity index (χ4v) is 5.09. The number of hydrogen-bond donors (Lipinski definition) is 5. The first-order valence-electron chi connectivity index (χ1n) is 11.3. The molecule has 7 nitrogen and oxygen atoms in total. The van der Waals surface area contributed by atoms with Gasteiger partial charge in [0.15, 0.2) is 0 Å². The molecular formula is C21H40N4O3. The Morgan fingerprint density at radius 3 is 2.25 bits per heavy atom. The Morgan fingerprint density at radius 2 is 1.68 bits per heavy atom. The number of aliphatic hydroxyl groups excluding tert-OH is 1. The maximum absolute atomic E-state index is 12.2. The van der Waals surface area contributed by atoms with Crippen LogP contribution >= 0.6 is 0 Å². The van der Waals surface area contributed by atoms with Crippen LogP contribution in [0.4, 0.5) is 0 Å². The molecule has 162 valence electrons. The molecule has 0 radical (unpaired) electrons. The molecule has 5 N–H and O–H groups in total. The molecule has 3 aliphatic rings. The van der Waals surface area contributed by atoms with E-state index in [1.807, 2.05) is 14.0 Å². The van der Waals surface area contributed by atoms with Crippen LogP contribution in [0.1, 0.15) is 58.3 Å². The standard InChI is InChI=1S/C21H40N4O3/c1-14(13-26)24-20(27)16-3-7-18(8-4-16)25-21-22-11-17(12-23-21)15-5-9-19(28-2)10-6-15/h14-19,21-23,25-26H,3-13H2,1-2H3,(H,24,27). The van der Waals surface area contributed by atoms with Gasteiger partial charge in [-0.15, -0.1) is 0 Å². The average molecular weight is 397 g/mol. The van der Waals surface area contributed by atoms with Crippen LogP contribution in [0.5, 0.6) is 0 Å². The van der Waals surface area contributed by atoms with E-state index in [1.165, 1.54) is 25.7 Å². The van der Waals surface area contributed by atoms with Gasteiger partial charge in [0.25, 0.3) is 0 Å². The van der Waals surface area contributed by atoms with Gasteiger partial charge in [0, 0.05) is 38.2 Å². The number of aliphatic hydroxyl groups is 1. The normalized spacial score (nSPS) is 38.0. The molecule has 2 aliphatic carbocycles. The lowest BCUT2D eigenvalue weighted by Gasteiger charge is -2.40. The van der Waals surface area contributed by atoms with Gasteiger partial charge >= 0.3 is 0 Å². The van der Waals surface area contributed by atoms with E-state index >= 15 is 0 Å². The van der Waals surface area contributed by atoms with Crippen molar-refractivity contribution in [3.8, 4) is 0 Å². The van der Waals surface area contributed by atoms with Crippen molar-refractivity contribution in [2.45, 2.75) is 82.8 Å². The zero-order valence-electron chi connectivity index (χ0n) is 17.6. The summed E-state index contributed by atoms with van der Waals surface area (Å²) in [5.74, 6) is 1.71. The van der Waals surface area contributed by atoms with E-state index < -0.39 is 0 Å². The van der Waals surface area contributed by atoms with E-state index in [2.05, 4.69) is 21.3 Å². The summed E-state index contributed by atoms with van der Waals surface area (Å²) in [6.45, 7) is 3.98. The number of ether oxygens (including phenoxy) is 1. The van der Waals surface area contributed by atoms with Crippen molar-refractivity contribution in [3.63, 3.8) is 0 Å². The second-order valence-electron chi connectivity index (χ2n) is 9.09. The zero-order valence-corrected chi connectivity index (χ0v) is 17.6. The summed E-state index contributed by atoms with van der Waals surface area (Å²) in [5, 5.41) is 23.0. The molecule has 1 saturated heterocycles. The Morgan fingerprint density at radius 1 is 1.04 bits per heavy atom. The van der Waals surface area contributed by atoms with Crippen LogP contribution in [0, 0.1) is 17.8 Å². The van der Waals surface area contributed by atoms with Gasteiger partial charge in [-0.25, -0.2) is 0 Å². The van der Waals surface area contributed by atoms with Gasteiger partial charge < -0.3 is 15.2 Å². The highest BCUT2D eigenvalue weighted by molar-refractivity contribution is 5.79. The van der Waals surface area contributed by atoms with Crippen LogP contribution in [-0.4, -0.2) is 62.3 Å². The molecular weight excluding hydrogens is 356 g/mol. The molecule has 1 heterocycles. The summed E-state index contributed by atoms with van der Waals surface area (Å²) in [5.41, 5.74) is 0. The highest BCUT2D eigenvalue weighted by Crippen LogP contribution is 2.32. The van der Waals surface area contributed by atoms with Crippen LogP contribution in [-0.2, 0) is 9.53 Å². The van der Waals surface area contributed by atoms with Crippen molar-refractivity contribution in [1.82, 2.24) is 21.3 Å². The number of nitrogens with one attached hydrogen (secondary N) is 4. The highest BCUT2D eigenvalue weighted by Gasteiger charge is 2.32. The highest BCUT2D eigenvalue weighted by atomic mass is 16.5. The molecule has 0 aromatic heterocycles. The summed E-state index contributed by atoms with van der Waals surface area (Å²) >= 11 is 0. The third-order valence-electron chi connectivity index (χ3n) is 7.05. The molecule has 0 aromatic carbocycles. The van der Waals surface area contributed by atoms with E-state index in [0.29, 0.717) is 18.1 Å². The lowest BCUT2D eigenvalue weighted by molar-refractivity contribution is -0.127. The van der Waals surface area contributed by atoms with Crippen LogP contribution < -0.4 is 21.3 Å². The molecule has 0 spiro atoms. The lowest BCUT2D eigenvalue weighted by Crippen LogP contribution is -2.63. The first-order chi connectivity index (χ1) is 13.6. The number of hydrogen-bond acceptors (Lipinski definition) is 6. The van der Waals surface area contributed by atoms with Crippen molar-refractivity contribution in [3.05, 3.63) is 0 Å². The van der Waals surface area contributed by atoms with E-state index in [9.17, 15) is 4.79 Å². The topological polar surface area (TPSA) is 94.7 Å². The summed E-state index contributed by atoms with van der Waals surface area (Å²) in [6, 6.07) is 0.300. The summed E-state index contributed by atoms with van der Waals surface area (Å²) in [7, 11) is 1.83. The summed E-state index contributed by atoms with van der Waals surface area (Å²) in [4.78, 5) is 12.2. The number of amides is 1. The second kappa shape index (κ2) is 10.9. The largest absolute Gasteiger partial charge is 0.394 e. The minimum Gasteiger partial charge on any atom is -0.394 e. The fourth-order valence-electron chi connectivity index (χ4n) is 5.09. The second-order valence-corrected chi connectivity index (χ2v) is 9.09. The zero-order chi connectivity index (χ0) is 19.9. The Labute approximate surface area is 169 Å². The van der Waals surface area contributed by atoms with Crippen molar-refractivity contribution in [2.24, 2.45) is 17.8 Å². The molecule has 2 saturated carbocycles. The van der Waals surface area contributed by atoms with Crippen molar-refractivity contribution in [2.75, 3.05) is 26.8 Å². The molecule has 1 aliphatic heterocycles. The van der Waals surface area contributed by atoms with Crippen LogP contribution in [0.3, 0.4) is 0 Å². The molecule has 1 atom stereocenters. The van der Waals surface area contributed by atoms with Gasteiger partial charge in [0.05, 0.1) is 12.7 Å². The van der Waals surface area contributed by atoms with Gasteiger partial charge in [-0.3, -0.25) is 20.7 Å². The molecule has 1 unspecified atom stereocenters. The minimum atomic E-state index is -0.156. The molecule has 1 amide bonds. The van der Waals surface area contributed by atoms with E-state index in [4.69, 9.17) is 9.84 Å². The Hall–Kier alpha value is -0.730. The van der Waals surface area contributed by atoms with Gasteiger partial charge in [-0.2, -0.15) is 0 Å². The molecule has 7 heteroatoms. The van der Waals surface area contributed by atoms with E-state index in [-0.39, 0.29) is 30.8 Å². The number of rotatable bonds is 7. The first-order valence-corrected chi connectivity index (χ1v) is 11.3. The van der Waals surface area contributed by atoms with Crippen LogP contribution in [0.15, 0.2) is 0 Å². The van der Waals surface area contributed by atoms with Crippen molar-refractivity contribution in [1.29, 1.82) is 0 Å². The third-order valence-corrected chi connectivity index (χ3v) is 7.05. The van der Waals surface area contributed by atoms with Crippen LogP contribution in [0.25, 0.3) is 0 Å². The maximum atomic E-state index is 12.2. The SMILES string of the molecule is COC1CCC(C2CNC(NC3CCC(C(=O)NC(C)CO)CC3)NC2)CC1. The average Bonchev–Trinajstić information content (AvgIpc) is 2.74. The molecule has 3 fully saturated rings. The number of methoxy groups -OCH3 is 1. The fraction of sp³-hybridized carbons (Fsp3) is 0.952. The van der Waals surface area contributed by atoms with Gasteiger partial charge in [0.1, 0.15) is 6.29 Å². The van der Waals surface area contributed by atoms with Crippen LogP contribution in [0.2, 0.25) is 0 Å². The molecule has 3 rings (SSSR count). The summed E-state index contributed by atoms with van der Waals surface area (Å²) in [6.07, 6.45) is 9.50. The lowest BCUT2D eigenvalue weighted by atomic mass is 9.78.